The Morgan fingerprint density at radius 2 is 1.85 bits per heavy atom. The summed E-state index contributed by atoms with van der Waals surface area (Å²) < 4.78 is 7.16. The molecule has 2 atom stereocenters. The predicted molar refractivity (Wildman–Crippen MR) is 105 cm³/mol. The molecule has 0 bridgehead atoms. The number of hydrogen-bond acceptors (Lipinski definition) is 6. The van der Waals surface area contributed by atoms with Gasteiger partial charge in [0.2, 0.25) is 11.1 Å². The Morgan fingerprint density at radius 1 is 1.15 bits per heavy atom. The van der Waals surface area contributed by atoms with Gasteiger partial charge in [0.15, 0.2) is 0 Å². The van der Waals surface area contributed by atoms with Crippen LogP contribution in [0.5, 0.6) is 5.75 Å². The SMILES string of the molecule is COc1ccc([C@H]2Nn3c(C)nnc3S[C@H]2C(=O)N2CCCCCC2)cc1. The summed E-state index contributed by atoms with van der Waals surface area (Å²) in [6.45, 7) is 3.60. The first-order valence-electron chi connectivity index (χ1n) is 9.45. The van der Waals surface area contributed by atoms with Gasteiger partial charge in [-0.05, 0) is 37.5 Å². The molecule has 2 aliphatic rings. The molecule has 0 aliphatic carbocycles. The Hall–Kier alpha value is -2.22. The van der Waals surface area contributed by atoms with Crippen LogP contribution in [0.1, 0.15) is 43.1 Å². The van der Waals surface area contributed by atoms with Gasteiger partial charge in [-0.3, -0.25) is 4.79 Å². The van der Waals surface area contributed by atoms with E-state index in [4.69, 9.17) is 4.74 Å². The number of thioether (sulfide) groups is 1. The number of amides is 1. The van der Waals surface area contributed by atoms with Crippen molar-refractivity contribution in [2.24, 2.45) is 0 Å². The van der Waals surface area contributed by atoms with Crippen LogP contribution in [-0.4, -0.2) is 51.1 Å². The summed E-state index contributed by atoms with van der Waals surface area (Å²) in [5, 5.41) is 8.86. The molecule has 4 rings (SSSR count). The first-order valence-corrected chi connectivity index (χ1v) is 10.3. The Bertz CT molecular complexity index is 799. The van der Waals surface area contributed by atoms with Gasteiger partial charge in [0, 0.05) is 13.1 Å². The molecular weight excluding hydrogens is 362 g/mol. The number of ether oxygens (including phenoxy) is 1. The van der Waals surface area contributed by atoms with Crippen LogP contribution in [0.2, 0.25) is 0 Å². The van der Waals surface area contributed by atoms with Crippen LogP contribution in [0.4, 0.5) is 0 Å². The van der Waals surface area contributed by atoms with Gasteiger partial charge in [0.25, 0.3) is 0 Å². The fourth-order valence-electron chi connectivity index (χ4n) is 3.68. The van der Waals surface area contributed by atoms with Crippen molar-refractivity contribution in [3.8, 4) is 5.75 Å². The van der Waals surface area contributed by atoms with E-state index in [1.165, 1.54) is 24.6 Å². The zero-order chi connectivity index (χ0) is 18.8. The Morgan fingerprint density at radius 3 is 2.52 bits per heavy atom. The smallest absolute Gasteiger partial charge is 0.238 e. The second-order valence-electron chi connectivity index (χ2n) is 7.02. The lowest BCUT2D eigenvalue weighted by atomic mass is 10.0. The number of rotatable bonds is 3. The van der Waals surface area contributed by atoms with Crippen LogP contribution < -0.4 is 10.2 Å². The Balaban J connectivity index is 1.65. The van der Waals surface area contributed by atoms with E-state index < -0.39 is 0 Å². The van der Waals surface area contributed by atoms with Gasteiger partial charge in [-0.1, -0.05) is 36.7 Å². The first kappa shape index (κ1) is 18.2. The third kappa shape index (κ3) is 3.63. The molecule has 0 unspecified atom stereocenters. The molecule has 0 radical (unpaired) electrons. The fraction of sp³-hybridized carbons (Fsp3) is 0.526. The fourth-order valence-corrected chi connectivity index (χ4v) is 4.89. The average molecular weight is 388 g/mol. The van der Waals surface area contributed by atoms with Gasteiger partial charge < -0.3 is 15.1 Å². The largest absolute Gasteiger partial charge is 0.497 e. The normalized spacial score (nSPS) is 22.5. The zero-order valence-corrected chi connectivity index (χ0v) is 16.5. The summed E-state index contributed by atoms with van der Waals surface area (Å²) in [7, 11) is 1.65. The summed E-state index contributed by atoms with van der Waals surface area (Å²) in [5.74, 6) is 1.78. The summed E-state index contributed by atoms with van der Waals surface area (Å²) >= 11 is 1.50. The molecule has 144 valence electrons. The molecule has 2 aromatic rings. The third-order valence-corrected chi connectivity index (χ3v) is 6.44. The maximum atomic E-state index is 13.4. The van der Waals surface area contributed by atoms with E-state index in [1.807, 2.05) is 40.8 Å². The molecule has 0 spiro atoms. The lowest BCUT2D eigenvalue weighted by Crippen LogP contribution is -2.46. The molecule has 3 heterocycles. The maximum absolute atomic E-state index is 13.4. The standard InChI is InChI=1S/C19H25N5O2S/c1-13-20-21-19-24(13)22-16(14-7-9-15(26-2)10-8-14)17(27-19)18(25)23-11-5-3-4-6-12-23/h7-10,16-17,22H,3-6,11-12H2,1-2H3/t16-,17-/m1/s1. The summed E-state index contributed by atoms with van der Waals surface area (Å²) in [6.07, 6.45) is 4.57. The van der Waals surface area contributed by atoms with Crippen LogP contribution >= 0.6 is 11.8 Å². The number of likely N-dealkylation sites (tertiary alicyclic amines) is 1. The highest BCUT2D eigenvalue weighted by Gasteiger charge is 2.39. The number of fused-ring (bicyclic) bond motifs is 1. The molecule has 1 fully saturated rings. The van der Waals surface area contributed by atoms with E-state index >= 15 is 0 Å². The Labute approximate surface area is 163 Å². The topological polar surface area (TPSA) is 72.3 Å². The van der Waals surface area contributed by atoms with Crippen LogP contribution in [0.15, 0.2) is 29.4 Å². The monoisotopic (exact) mass is 387 g/mol. The van der Waals surface area contributed by atoms with Crippen molar-refractivity contribution in [3.63, 3.8) is 0 Å². The maximum Gasteiger partial charge on any atom is 0.238 e. The zero-order valence-electron chi connectivity index (χ0n) is 15.7. The van der Waals surface area contributed by atoms with E-state index in [1.54, 1.807) is 7.11 Å². The second kappa shape index (κ2) is 7.80. The lowest BCUT2D eigenvalue weighted by molar-refractivity contribution is -0.131. The van der Waals surface area contributed by atoms with E-state index in [0.717, 1.165) is 48.2 Å². The second-order valence-corrected chi connectivity index (χ2v) is 8.13. The van der Waals surface area contributed by atoms with Crippen molar-refractivity contribution in [2.45, 2.75) is 49.1 Å². The molecular formula is C19H25N5O2S. The number of nitrogens with zero attached hydrogens (tertiary/aromatic N) is 4. The van der Waals surface area contributed by atoms with Crippen LogP contribution in [-0.2, 0) is 4.79 Å². The molecule has 0 saturated carbocycles. The van der Waals surface area contributed by atoms with E-state index in [2.05, 4.69) is 15.6 Å². The number of hydrogen-bond donors (Lipinski definition) is 1. The number of benzene rings is 1. The highest BCUT2D eigenvalue weighted by Crippen LogP contribution is 2.38. The van der Waals surface area contributed by atoms with Gasteiger partial charge >= 0.3 is 0 Å². The van der Waals surface area contributed by atoms with Crippen molar-refractivity contribution in [1.82, 2.24) is 19.8 Å². The molecule has 1 N–H and O–H groups in total. The lowest BCUT2D eigenvalue weighted by Gasteiger charge is -2.35. The van der Waals surface area contributed by atoms with Crippen molar-refractivity contribution in [2.75, 3.05) is 25.6 Å². The van der Waals surface area contributed by atoms with Gasteiger partial charge in [-0.15, -0.1) is 10.2 Å². The molecule has 8 heteroatoms. The van der Waals surface area contributed by atoms with Gasteiger partial charge in [-0.25, -0.2) is 4.68 Å². The van der Waals surface area contributed by atoms with Gasteiger partial charge in [-0.2, -0.15) is 0 Å². The van der Waals surface area contributed by atoms with Crippen LogP contribution in [0.25, 0.3) is 0 Å². The van der Waals surface area contributed by atoms with E-state index in [-0.39, 0.29) is 17.2 Å². The number of carbonyl (C=O) groups is 1. The number of aromatic nitrogens is 3. The molecule has 1 saturated heterocycles. The molecule has 1 aromatic carbocycles. The minimum atomic E-state index is -0.271. The van der Waals surface area contributed by atoms with Crippen LogP contribution in [0.3, 0.4) is 0 Å². The quantitative estimate of drug-likeness (QED) is 0.873. The van der Waals surface area contributed by atoms with Crippen molar-refractivity contribution in [3.05, 3.63) is 35.7 Å². The summed E-state index contributed by atoms with van der Waals surface area (Å²) in [6, 6.07) is 7.75. The number of carbonyl (C=O) groups excluding carboxylic acids is 1. The number of nitrogens with one attached hydrogen (secondary N) is 1. The average Bonchev–Trinajstić information content (AvgIpc) is 2.90. The molecule has 7 nitrogen and oxygen atoms in total. The number of aryl methyl sites for hydroxylation is 1. The molecule has 1 amide bonds. The minimum Gasteiger partial charge on any atom is -0.497 e. The molecule has 27 heavy (non-hydrogen) atoms. The van der Waals surface area contributed by atoms with Crippen molar-refractivity contribution >= 4 is 17.7 Å². The van der Waals surface area contributed by atoms with Crippen molar-refractivity contribution < 1.29 is 9.53 Å². The number of methoxy groups -OCH3 is 1. The predicted octanol–water partition coefficient (Wildman–Crippen LogP) is 2.76. The van der Waals surface area contributed by atoms with E-state index in [9.17, 15) is 4.79 Å². The Kier molecular flexibility index (Phi) is 5.24. The highest BCUT2D eigenvalue weighted by atomic mass is 32.2. The van der Waals surface area contributed by atoms with Gasteiger partial charge in [0.1, 0.15) is 16.8 Å². The van der Waals surface area contributed by atoms with E-state index in [0.29, 0.717) is 0 Å². The van der Waals surface area contributed by atoms with Crippen molar-refractivity contribution in [1.29, 1.82) is 0 Å². The first-order chi connectivity index (χ1) is 13.2. The highest BCUT2D eigenvalue weighted by molar-refractivity contribution is 8.00. The third-order valence-electron chi connectivity index (χ3n) is 5.23. The summed E-state index contributed by atoms with van der Waals surface area (Å²) in [4.78, 5) is 15.4. The minimum absolute atomic E-state index is 0.154. The van der Waals surface area contributed by atoms with Gasteiger partial charge in [0.05, 0.1) is 13.2 Å². The van der Waals surface area contributed by atoms with Crippen LogP contribution in [0, 0.1) is 6.92 Å². The molecule has 2 aliphatic heterocycles. The summed E-state index contributed by atoms with van der Waals surface area (Å²) in [5.41, 5.74) is 4.52. The molecule has 1 aromatic heterocycles.